The Balaban J connectivity index is 2.45. The Kier molecular flexibility index (Phi) is 9.74. The standard InChI is InChI=1S/C22H25Cl2N3O6/c1-6-32-18-12-15(19(33-7-2)11-14(18)23)25-26-20(13(3)28)22(29)27(24)21-16(30-4)9-8-10-17(21)31-5/h8-12,20H,6-7H2,1-5H3. The molecule has 0 radical (unpaired) electrons. The number of Topliss-reactive ketones (excluding diaryl/α,β-unsaturated/α-hetero) is 1. The molecule has 0 bridgehead atoms. The lowest BCUT2D eigenvalue weighted by Gasteiger charge is -2.21. The van der Waals surface area contributed by atoms with Gasteiger partial charge in [0.25, 0.3) is 5.91 Å². The highest BCUT2D eigenvalue weighted by atomic mass is 35.5. The van der Waals surface area contributed by atoms with Gasteiger partial charge in [0, 0.05) is 23.9 Å². The van der Waals surface area contributed by atoms with Crippen molar-refractivity contribution in [1.29, 1.82) is 0 Å². The second kappa shape index (κ2) is 12.3. The Morgan fingerprint density at radius 1 is 1.00 bits per heavy atom. The molecule has 0 saturated heterocycles. The van der Waals surface area contributed by atoms with Crippen LogP contribution in [0.3, 0.4) is 0 Å². The molecule has 0 aliphatic carbocycles. The molecule has 2 rings (SSSR count). The minimum atomic E-state index is -1.53. The largest absolute Gasteiger partial charge is 0.494 e. The summed E-state index contributed by atoms with van der Waals surface area (Å²) in [5.74, 6) is -0.185. The summed E-state index contributed by atoms with van der Waals surface area (Å²) in [5, 5.41) is 8.38. The topological polar surface area (TPSA) is 99.0 Å². The average Bonchev–Trinajstić information content (AvgIpc) is 2.80. The van der Waals surface area contributed by atoms with Crippen molar-refractivity contribution in [2.45, 2.75) is 26.8 Å². The third-order valence-corrected chi connectivity index (χ3v) is 4.94. The number of methoxy groups -OCH3 is 2. The third-order valence-electron chi connectivity index (χ3n) is 4.30. The molecule has 1 atom stereocenters. The molecule has 1 unspecified atom stereocenters. The summed E-state index contributed by atoms with van der Waals surface area (Å²) < 4.78 is 22.3. The maximum Gasteiger partial charge on any atom is 0.276 e. The van der Waals surface area contributed by atoms with E-state index in [2.05, 4.69) is 10.2 Å². The Hall–Kier alpha value is -3.04. The molecule has 0 aromatic heterocycles. The van der Waals surface area contributed by atoms with Crippen molar-refractivity contribution in [3.05, 3.63) is 35.4 Å². The molecule has 178 valence electrons. The second-order valence-corrected chi connectivity index (χ2v) is 7.22. The lowest BCUT2D eigenvalue weighted by atomic mass is 10.2. The fourth-order valence-electron chi connectivity index (χ4n) is 2.81. The van der Waals surface area contributed by atoms with Crippen molar-refractivity contribution in [2.24, 2.45) is 10.2 Å². The Morgan fingerprint density at radius 3 is 2.09 bits per heavy atom. The van der Waals surface area contributed by atoms with Gasteiger partial charge in [0.05, 0.1) is 32.5 Å². The molecule has 0 heterocycles. The van der Waals surface area contributed by atoms with E-state index in [9.17, 15) is 9.59 Å². The number of ketones is 1. The molecule has 2 aromatic rings. The highest BCUT2D eigenvalue weighted by Crippen LogP contribution is 2.40. The maximum absolute atomic E-state index is 13.1. The molecular weight excluding hydrogens is 473 g/mol. The number of ether oxygens (including phenoxy) is 4. The zero-order chi connectivity index (χ0) is 24.5. The number of halogens is 2. The summed E-state index contributed by atoms with van der Waals surface area (Å²) in [6, 6.07) is 6.39. The van der Waals surface area contributed by atoms with Crippen LogP contribution >= 0.6 is 23.4 Å². The van der Waals surface area contributed by atoms with Crippen LogP contribution in [0.2, 0.25) is 5.02 Å². The first-order valence-electron chi connectivity index (χ1n) is 10.00. The van der Waals surface area contributed by atoms with E-state index in [0.717, 1.165) is 4.42 Å². The number of azo groups is 1. The quantitative estimate of drug-likeness (QED) is 0.234. The van der Waals surface area contributed by atoms with Gasteiger partial charge in [-0.05, 0) is 32.9 Å². The lowest BCUT2D eigenvalue weighted by molar-refractivity contribution is -0.126. The normalized spacial score (nSPS) is 11.7. The number of para-hydroxylation sites is 1. The van der Waals surface area contributed by atoms with Crippen molar-refractivity contribution in [1.82, 2.24) is 0 Å². The summed E-state index contributed by atoms with van der Waals surface area (Å²) >= 11 is 12.5. The highest BCUT2D eigenvalue weighted by Gasteiger charge is 2.32. The summed E-state index contributed by atoms with van der Waals surface area (Å²) in [6.45, 7) is 5.52. The Labute approximate surface area is 202 Å². The zero-order valence-corrected chi connectivity index (χ0v) is 20.4. The second-order valence-electron chi connectivity index (χ2n) is 6.48. The zero-order valence-electron chi connectivity index (χ0n) is 18.9. The van der Waals surface area contributed by atoms with Crippen LogP contribution in [0, 0.1) is 0 Å². The minimum Gasteiger partial charge on any atom is -0.494 e. The summed E-state index contributed by atoms with van der Waals surface area (Å²) in [6.07, 6.45) is 0. The fraction of sp³-hybridized carbons (Fsp3) is 0.364. The highest BCUT2D eigenvalue weighted by molar-refractivity contribution is 6.40. The number of hydrogen-bond donors (Lipinski definition) is 0. The number of benzene rings is 2. The first kappa shape index (κ1) is 26.2. The van der Waals surface area contributed by atoms with Crippen LogP contribution in [-0.4, -0.2) is 45.2 Å². The van der Waals surface area contributed by atoms with Crippen molar-refractivity contribution in [3.63, 3.8) is 0 Å². The SMILES string of the molecule is CCOc1cc(N=NC(C(C)=O)C(=O)N(Cl)c2c(OC)cccc2OC)c(OCC)cc1Cl. The van der Waals surface area contributed by atoms with Gasteiger partial charge < -0.3 is 18.9 Å². The molecule has 11 heteroatoms. The van der Waals surface area contributed by atoms with E-state index in [4.69, 9.17) is 42.3 Å². The van der Waals surface area contributed by atoms with Crippen LogP contribution in [0.5, 0.6) is 23.0 Å². The predicted molar refractivity (Wildman–Crippen MR) is 126 cm³/mol. The molecule has 0 aliphatic heterocycles. The Bertz CT molecular complexity index is 1010. The molecule has 9 nitrogen and oxygen atoms in total. The van der Waals surface area contributed by atoms with Crippen LogP contribution in [0.4, 0.5) is 11.4 Å². The third kappa shape index (κ3) is 6.27. The van der Waals surface area contributed by atoms with Gasteiger partial charge in [0.1, 0.15) is 34.4 Å². The van der Waals surface area contributed by atoms with Crippen LogP contribution < -0.4 is 23.4 Å². The summed E-state index contributed by atoms with van der Waals surface area (Å²) in [7, 11) is 2.84. The average molecular weight is 498 g/mol. The van der Waals surface area contributed by atoms with Crippen molar-refractivity contribution < 1.29 is 28.5 Å². The van der Waals surface area contributed by atoms with E-state index in [-0.39, 0.29) is 22.9 Å². The van der Waals surface area contributed by atoms with Gasteiger partial charge in [0.2, 0.25) is 6.04 Å². The summed E-state index contributed by atoms with van der Waals surface area (Å²) in [5.41, 5.74) is 0.371. The number of carbonyl (C=O) groups is 2. The van der Waals surface area contributed by atoms with Gasteiger partial charge in [-0.1, -0.05) is 17.7 Å². The van der Waals surface area contributed by atoms with Crippen LogP contribution in [0.1, 0.15) is 20.8 Å². The number of carbonyl (C=O) groups excluding carboxylic acids is 2. The predicted octanol–water partition coefficient (Wildman–Crippen LogP) is 5.38. The van der Waals surface area contributed by atoms with E-state index in [0.29, 0.717) is 29.7 Å². The molecule has 0 spiro atoms. The number of anilines is 1. The van der Waals surface area contributed by atoms with E-state index < -0.39 is 17.7 Å². The molecule has 33 heavy (non-hydrogen) atoms. The molecule has 0 fully saturated rings. The molecular formula is C22H25Cl2N3O6. The van der Waals surface area contributed by atoms with Crippen molar-refractivity contribution in [3.8, 4) is 23.0 Å². The van der Waals surface area contributed by atoms with E-state index >= 15 is 0 Å². The van der Waals surface area contributed by atoms with E-state index in [1.54, 1.807) is 32.0 Å². The number of rotatable bonds is 11. The summed E-state index contributed by atoms with van der Waals surface area (Å²) in [4.78, 5) is 25.4. The Morgan fingerprint density at radius 2 is 1.58 bits per heavy atom. The fourth-order valence-corrected chi connectivity index (χ4v) is 3.27. The first-order valence-corrected chi connectivity index (χ1v) is 10.7. The monoisotopic (exact) mass is 497 g/mol. The molecule has 0 aliphatic rings. The van der Waals surface area contributed by atoms with Gasteiger partial charge in [-0.15, -0.1) is 0 Å². The minimum absolute atomic E-state index is 0.135. The number of amides is 1. The van der Waals surface area contributed by atoms with Crippen molar-refractivity contribution in [2.75, 3.05) is 31.9 Å². The molecule has 0 saturated carbocycles. The van der Waals surface area contributed by atoms with Gasteiger partial charge in [-0.25, -0.2) is 4.42 Å². The molecule has 0 N–H and O–H groups in total. The van der Waals surface area contributed by atoms with E-state index in [1.807, 2.05) is 0 Å². The first-order chi connectivity index (χ1) is 15.8. The van der Waals surface area contributed by atoms with Crippen LogP contribution in [0.25, 0.3) is 0 Å². The molecule has 2 aromatic carbocycles. The van der Waals surface area contributed by atoms with Gasteiger partial charge in [-0.3, -0.25) is 9.59 Å². The lowest BCUT2D eigenvalue weighted by Crippen LogP contribution is -2.36. The van der Waals surface area contributed by atoms with Gasteiger partial charge in [0.15, 0.2) is 5.78 Å². The molecule has 1 amide bonds. The van der Waals surface area contributed by atoms with Crippen molar-refractivity contribution >= 4 is 46.4 Å². The van der Waals surface area contributed by atoms with Gasteiger partial charge in [-0.2, -0.15) is 10.2 Å². The number of nitrogens with zero attached hydrogens (tertiary/aromatic N) is 3. The smallest absolute Gasteiger partial charge is 0.276 e. The van der Waals surface area contributed by atoms with E-state index in [1.165, 1.54) is 33.3 Å². The van der Waals surface area contributed by atoms with Gasteiger partial charge >= 0.3 is 0 Å². The van der Waals surface area contributed by atoms with Crippen LogP contribution in [-0.2, 0) is 9.59 Å². The van der Waals surface area contributed by atoms with Crippen LogP contribution in [0.15, 0.2) is 40.6 Å². The number of hydrogen-bond acceptors (Lipinski definition) is 8. The maximum atomic E-state index is 13.1.